The highest BCUT2D eigenvalue weighted by atomic mass is 32.2. The zero-order valence-corrected chi connectivity index (χ0v) is 11.4. The van der Waals surface area contributed by atoms with Crippen LogP contribution in [0.1, 0.15) is 45.2 Å². The van der Waals surface area contributed by atoms with Crippen molar-refractivity contribution in [3.63, 3.8) is 0 Å². The summed E-state index contributed by atoms with van der Waals surface area (Å²) in [6.07, 6.45) is 4.81. The van der Waals surface area contributed by atoms with E-state index >= 15 is 0 Å². The summed E-state index contributed by atoms with van der Waals surface area (Å²) in [7, 11) is -3.27. The van der Waals surface area contributed by atoms with Crippen LogP contribution >= 0.6 is 0 Å². The molecule has 1 unspecified atom stereocenters. The van der Waals surface area contributed by atoms with Gasteiger partial charge in [0.1, 0.15) is 0 Å². The fourth-order valence-corrected chi connectivity index (χ4v) is 2.60. The molecular weight excluding hydrogens is 236 g/mol. The van der Waals surface area contributed by atoms with E-state index in [-0.39, 0.29) is 10.9 Å². The smallest absolute Gasteiger partial charge is 0.182 e. The van der Waals surface area contributed by atoms with Crippen LogP contribution in [0.2, 0.25) is 0 Å². The maximum atomic E-state index is 12.0. The van der Waals surface area contributed by atoms with Crippen LogP contribution in [0.25, 0.3) is 0 Å². The van der Waals surface area contributed by atoms with Gasteiger partial charge in [-0.1, -0.05) is 13.3 Å². The van der Waals surface area contributed by atoms with Crippen molar-refractivity contribution in [2.75, 3.05) is 0 Å². The number of hydrogen-bond donors (Lipinski definition) is 1. The van der Waals surface area contributed by atoms with E-state index in [0.717, 1.165) is 18.4 Å². The highest BCUT2D eigenvalue weighted by Crippen LogP contribution is 2.20. The predicted molar refractivity (Wildman–Crippen MR) is 68.4 cm³/mol. The van der Waals surface area contributed by atoms with E-state index in [1.807, 2.05) is 6.92 Å². The molecule has 4 nitrogen and oxygen atoms in total. The Balaban J connectivity index is 3.10. The Hall–Kier alpha value is -0.940. The van der Waals surface area contributed by atoms with Crippen molar-refractivity contribution in [1.29, 1.82) is 0 Å². The van der Waals surface area contributed by atoms with Crippen molar-refractivity contribution in [1.82, 2.24) is 4.98 Å². The largest absolute Gasteiger partial charge is 0.324 e. The van der Waals surface area contributed by atoms with E-state index < -0.39 is 15.1 Å². The molecule has 0 aliphatic carbocycles. The molecule has 0 bridgehead atoms. The molecule has 1 aromatic heterocycles. The van der Waals surface area contributed by atoms with Crippen molar-refractivity contribution < 1.29 is 8.42 Å². The molecule has 0 aliphatic heterocycles. The summed E-state index contributed by atoms with van der Waals surface area (Å²) in [5.41, 5.74) is 6.74. The van der Waals surface area contributed by atoms with Crippen LogP contribution in [0.5, 0.6) is 0 Å². The van der Waals surface area contributed by atoms with Gasteiger partial charge in [0, 0.05) is 18.4 Å². The molecule has 1 rings (SSSR count). The van der Waals surface area contributed by atoms with Gasteiger partial charge in [0.25, 0.3) is 0 Å². The molecule has 0 saturated carbocycles. The first kappa shape index (κ1) is 14.1. The van der Waals surface area contributed by atoms with E-state index in [4.69, 9.17) is 5.73 Å². The monoisotopic (exact) mass is 256 g/mol. The fraction of sp³-hybridized carbons (Fsp3) is 0.583. The lowest BCUT2D eigenvalue weighted by molar-refractivity contribution is 0.585. The minimum Gasteiger partial charge on any atom is -0.324 e. The van der Waals surface area contributed by atoms with E-state index in [1.165, 1.54) is 6.20 Å². The summed E-state index contributed by atoms with van der Waals surface area (Å²) in [6.45, 7) is 5.37. The molecule has 0 aromatic carbocycles. The normalized spacial score (nSPS) is 13.9. The molecular formula is C12H20N2O2S. The Morgan fingerprint density at radius 3 is 2.53 bits per heavy atom. The second-order valence-corrected chi connectivity index (χ2v) is 6.95. The summed E-state index contributed by atoms with van der Waals surface area (Å²) < 4.78 is 24.0. The van der Waals surface area contributed by atoms with Gasteiger partial charge in [0.05, 0.1) is 10.1 Å². The predicted octanol–water partition coefficient (Wildman–Crippen LogP) is 2.06. The molecule has 1 heterocycles. The van der Waals surface area contributed by atoms with Gasteiger partial charge in [-0.2, -0.15) is 0 Å². The van der Waals surface area contributed by atoms with Crippen LogP contribution < -0.4 is 5.73 Å². The number of rotatable bonds is 5. The summed E-state index contributed by atoms with van der Waals surface area (Å²) in [6, 6.07) is 1.50. The van der Waals surface area contributed by atoms with Gasteiger partial charge in [-0.3, -0.25) is 4.98 Å². The van der Waals surface area contributed by atoms with Gasteiger partial charge in [0.2, 0.25) is 0 Å². The third-order valence-corrected chi connectivity index (χ3v) is 4.83. The molecule has 0 saturated heterocycles. The quantitative estimate of drug-likeness (QED) is 0.875. The number of pyridine rings is 1. The number of sulfone groups is 1. The molecule has 0 radical (unpaired) electrons. The van der Waals surface area contributed by atoms with Crippen molar-refractivity contribution in [2.45, 2.75) is 49.8 Å². The second-order valence-electron chi connectivity index (χ2n) is 4.44. The first-order chi connectivity index (χ1) is 7.89. The summed E-state index contributed by atoms with van der Waals surface area (Å²) >= 11 is 0. The second kappa shape index (κ2) is 5.60. The third-order valence-electron chi connectivity index (χ3n) is 2.71. The fourth-order valence-electron chi connectivity index (χ4n) is 1.54. The molecule has 5 heteroatoms. The Labute approximate surface area is 103 Å². The van der Waals surface area contributed by atoms with E-state index in [2.05, 4.69) is 4.98 Å². The van der Waals surface area contributed by atoms with E-state index in [0.29, 0.717) is 0 Å². The van der Waals surface area contributed by atoms with Crippen LogP contribution in [-0.4, -0.2) is 18.7 Å². The maximum absolute atomic E-state index is 12.0. The summed E-state index contributed by atoms with van der Waals surface area (Å²) in [5.74, 6) is 0. The van der Waals surface area contributed by atoms with E-state index in [1.54, 1.807) is 26.1 Å². The molecule has 2 N–H and O–H groups in total. The Morgan fingerprint density at radius 1 is 1.35 bits per heavy atom. The molecule has 17 heavy (non-hydrogen) atoms. The van der Waals surface area contributed by atoms with Crippen LogP contribution in [0.15, 0.2) is 23.4 Å². The zero-order chi connectivity index (χ0) is 13.1. The van der Waals surface area contributed by atoms with Gasteiger partial charge in [0.15, 0.2) is 9.84 Å². The molecule has 1 atom stereocenters. The van der Waals surface area contributed by atoms with Gasteiger partial charge < -0.3 is 5.73 Å². The lowest BCUT2D eigenvalue weighted by atomic mass is 10.1. The van der Waals surface area contributed by atoms with Crippen molar-refractivity contribution in [3.8, 4) is 0 Å². The molecule has 0 fully saturated rings. The van der Waals surface area contributed by atoms with E-state index in [9.17, 15) is 8.42 Å². The minimum absolute atomic E-state index is 0.144. The first-order valence-corrected chi connectivity index (χ1v) is 7.38. The summed E-state index contributed by atoms with van der Waals surface area (Å²) in [5, 5.41) is -0.443. The van der Waals surface area contributed by atoms with Crippen molar-refractivity contribution in [3.05, 3.63) is 24.0 Å². The topological polar surface area (TPSA) is 73.0 Å². The lowest BCUT2D eigenvalue weighted by Gasteiger charge is -2.13. The van der Waals surface area contributed by atoms with Crippen molar-refractivity contribution in [2.24, 2.45) is 5.73 Å². The molecule has 96 valence electrons. The number of nitrogens with zero attached hydrogens (tertiary/aromatic N) is 1. The zero-order valence-electron chi connectivity index (χ0n) is 10.6. The SMILES string of the molecule is CCCC(N)c1cncc(S(=O)(=O)C(C)C)c1. The van der Waals surface area contributed by atoms with Gasteiger partial charge in [-0.15, -0.1) is 0 Å². The Kier molecular flexibility index (Phi) is 4.65. The first-order valence-electron chi connectivity index (χ1n) is 5.84. The number of aromatic nitrogens is 1. The van der Waals surface area contributed by atoms with Crippen molar-refractivity contribution >= 4 is 9.84 Å². The minimum atomic E-state index is -3.27. The summed E-state index contributed by atoms with van der Waals surface area (Å²) in [4.78, 5) is 4.24. The molecule has 0 aliphatic rings. The molecule has 1 aromatic rings. The highest BCUT2D eigenvalue weighted by Gasteiger charge is 2.20. The standard InChI is InChI=1S/C12H20N2O2S/c1-4-5-12(13)10-6-11(8-14-7-10)17(15,16)9(2)3/h6-9,12H,4-5,13H2,1-3H3. The van der Waals surface area contributed by atoms with Crippen LogP contribution in [0.4, 0.5) is 0 Å². The average molecular weight is 256 g/mol. The van der Waals surface area contributed by atoms with Crippen LogP contribution in [-0.2, 0) is 9.84 Å². The number of nitrogens with two attached hydrogens (primary N) is 1. The average Bonchev–Trinajstić information content (AvgIpc) is 2.29. The van der Waals surface area contributed by atoms with Crippen LogP contribution in [0.3, 0.4) is 0 Å². The Bertz CT molecular complexity index is 469. The third kappa shape index (κ3) is 3.26. The molecule has 0 amide bonds. The maximum Gasteiger partial charge on any atom is 0.182 e. The highest BCUT2D eigenvalue weighted by molar-refractivity contribution is 7.92. The van der Waals surface area contributed by atoms with Crippen LogP contribution in [0, 0.1) is 0 Å². The van der Waals surface area contributed by atoms with Gasteiger partial charge in [-0.25, -0.2) is 8.42 Å². The Morgan fingerprint density at radius 2 is 2.00 bits per heavy atom. The van der Waals surface area contributed by atoms with Gasteiger partial charge >= 0.3 is 0 Å². The lowest BCUT2D eigenvalue weighted by Crippen LogP contribution is -2.16. The molecule has 0 spiro atoms. The van der Waals surface area contributed by atoms with Gasteiger partial charge in [-0.05, 0) is 31.9 Å². The number of hydrogen-bond acceptors (Lipinski definition) is 4.